The van der Waals surface area contributed by atoms with Gasteiger partial charge in [-0.2, -0.15) is 0 Å². The molecule has 2 fully saturated rings. The molecule has 2 aliphatic carbocycles. The van der Waals surface area contributed by atoms with Crippen molar-refractivity contribution in [2.45, 2.75) is 45.1 Å². The van der Waals surface area contributed by atoms with Gasteiger partial charge < -0.3 is 5.11 Å². The van der Waals surface area contributed by atoms with E-state index in [0.29, 0.717) is 0 Å². The molecular weight excluding hydrogens is 190 g/mol. The number of nitrogens with zero attached hydrogens (tertiary/aromatic N) is 1. The van der Waals surface area contributed by atoms with Gasteiger partial charge in [-0.05, 0) is 43.9 Å². The Hall–Kier alpha value is -0.570. The zero-order valence-electron chi connectivity index (χ0n) is 9.48. The van der Waals surface area contributed by atoms with Gasteiger partial charge in [0.05, 0.1) is 0 Å². The van der Waals surface area contributed by atoms with Crippen LogP contribution in [0.15, 0.2) is 0 Å². The number of rotatable bonds is 7. The average molecular weight is 211 g/mol. The van der Waals surface area contributed by atoms with Crippen molar-refractivity contribution in [2.24, 2.45) is 11.8 Å². The van der Waals surface area contributed by atoms with Gasteiger partial charge in [-0.3, -0.25) is 9.69 Å². The molecule has 3 nitrogen and oxygen atoms in total. The SMILES string of the molecule is CCC(C(=O)O)N(CC1CC1)CC1CC1. The molecule has 0 radical (unpaired) electrons. The zero-order chi connectivity index (χ0) is 10.8. The van der Waals surface area contributed by atoms with Gasteiger partial charge >= 0.3 is 5.97 Å². The smallest absolute Gasteiger partial charge is 0.320 e. The van der Waals surface area contributed by atoms with Gasteiger partial charge in [-0.25, -0.2) is 0 Å². The molecule has 0 aromatic carbocycles. The highest BCUT2D eigenvalue weighted by Crippen LogP contribution is 2.34. The van der Waals surface area contributed by atoms with Crippen molar-refractivity contribution in [3.8, 4) is 0 Å². The molecule has 2 saturated carbocycles. The van der Waals surface area contributed by atoms with Gasteiger partial charge in [0, 0.05) is 13.1 Å². The fourth-order valence-electron chi connectivity index (χ4n) is 2.18. The van der Waals surface area contributed by atoms with Gasteiger partial charge in [-0.15, -0.1) is 0 Å². The highest BCUT2D eigenvalue weighted by atomic mass is 16.4. The third-order valence-electron chi connectivity index (χ3n) is 3.49. The monoisotopic (exact) mass is 211 g/mol. The average Bonchev–Trinajstić information content (AvgIpc) is 2.98. The molecule has 0 amide bonds. The van der Waals surface area contributed by atoms with Crippen LogP contribution >= 0.6 is 0 Å². The lowest BCUT2D eigenvalue weighted by atomic mass is 10.1. The van der Waals surface area contributed by atoms with Crippen molar-refractivity contribution in [3.63, 3.8) is 0 Å². The van der Waals surface area contributed by atoms with Crippen molar-refractivity contribution >= 4 is 5.97 Å². The summed E-state index contributed by atoms with van der Waals surface area (Å²) in [7, 11) is 0. The maximum atomic E-state index is 11.1. The summed E-state index contributed by atoms with van der Waals surface area (Å²) in [6.45, 7) is 4.01. The summed E-state index contributed by atoms with van der Waals surface area (Å²) in [4.78, 5) is 13.4. The Morgan fingerprint density at radius 3 is 2.00 bits per heavy atom. The van der Waals surface area contributed by atoms with Gasteiger partial charge in [-0.1, -0.05) is 6.92 Å². The Morgan fingerprint density at radius 1 is 1.27 bits per heavy atom. The Bertz CT molecular complexity index is 220. The van der Waals surface area contributed by atoms with Gasteiger partial charge in [0.15, 0.2) is 0 Å². The molecule has 1 N–H and O–H groups in total. The standard InChI is InChI=1S/C12H21NO2/c1-2-11(12(14)15)13(7-9-3-4-9)8-10-5-6-10/h9-11H,2-8H2,1H3,(H,14,15). The molecule has 0 aromatic rings. The molecule has 15 heavy (non-hydrogen) atoms. The van der Waals surface area contributed by atoms with Crippen molar-refractivity contribution in [3.05, 3.63) is 0 Å². The van der Waals surface area contributed by atoms with Crippen LogP contribution in [0, 0.1) is 11.8 Å². The molecule has 1 atom stereocenters. The van der Waals surface area contributed by atoms with Crippen LogP contribution in [0.25, 0.3) is 0 Å². The number of carboxylic acids is 1. The van der Waals surface area contributed by atoms with E-state index in [4.69, 9.17) is 5.11 Å². The van der Waals surface area contributed by atoms with Crippen molar-refractivity contribution in [1.82, 2.24) is 4.90 Å². The van der Waals surface area contributed by atoms with Crippen LogP contribution in [-0.2, 0) is 4.79 Å². The normalized spacial score (nSPS) is 23.1. The highest BCUT2D eigenvalue weighted by molar-refractivity contribution is 5.73. The second-order valence-corrected chi connectivity index (χ2v) is 5.10. The maximum absolute atomic E-state index is 11.1. The van der Waals surface area contributed by atoms with Gasteiger partial charge in [0.1, 0.15) is 6.04 Å². The van der Waals surface area contributed by atoms with E-state index < -0.39 is 5.97 Å². The van der Waals surface area contributed by atoms with E-state index in [0.717, 1.165) is 31.3 Å². The van der Waals surface area contributed by atoms with Crippen molar-refractivity contribution in [2.75, 3.05) is 13.1 Å². The van der Waals surface area contributed by atoms with E-state index in [1.807, 2.05) is 6.92 Å². The fraction of sp³-hybridized carbons (Fsp3) is 0.917. The maximum Gasteiger partial charge on any atom is 0.320 e. The number of aliphatic carboxylic acids is 1. The van der Waals surface area contributed by atoms with Crippen LogP contribution in [-0.4, -0.2) is 35.1 Å². The molecule has 0 saturated heterocycles. The first-order valence-corrected chi connectivity index (χ1v) is 6.17. The Kier molecular flexibility index (Phi) is 3.29. The summed E-state index contributed by atoms with van der Waals surface area (Å²) in [6.07, 6.45) is 5.94. The molecule has 0 aromatic heterocycles. The fourth-order valence-corrected chi connectivity index (χ4v) is 2.18. The summed E-state index contributed by atoms with van der Waals surface area (Å²) in [5.74, 6) is 0.938. The summed E-state index contributed by atoms with van der Waals surface area (Å²) in [6, 6.07) is -0.244. The minimum atomic E-state index is -0.640. The molecule has 0 spiro atoms. The zero-order valence-corrected chi connectivity index (χ0v) is 9.48. The summed E-state index contributed by atoms with van der Waals surface area (Å²) in [5.41, 5.74) is 0. The minimum absolute atomic E-state index is 0.244. The second kappa shape index (κ2) is 4.52. The van der Waals surface area contributed by atoms with Gasteiger partial charge in [0.25, 0.3) is 0 Å². The number of carboxylic acid groups (broad SMARTS) is 1. The van der Waals surface area contributed by atoms with E-state index in [1.165, 1.54) is 25.7 Å². The lowest BCUT2D eigenvalue weighted by Gasteiger charge is -2.28. The predicted molar refractivity (Wildman–Crippen MR) is 58.7 cm³/mol. The molecule has 2 aliphatic rings. The summed E-state index contributed by atoms with van der Waals surface area (Å²) < 4.78 is 0. The van der Waals surface area contributed by atoms with E-state index in [-0.39, 0.29) is 6.04 Å². The molecule has 0 aliphatic heterocycles. The van der Waals surface area contributed by atoms with Crippen molar-refractivity contribution < 1.29 is 9.90 Å². The van der Waals surface area contributed by atoms with E-state index in [2.05, 4.69) is 4.90 Å². The first kappa shape index (κ1) is 10.9. The van der Waals surface area contributed by atoms with Crippen LogP contribution in [0.3, 0.4) is 0 Å². The molecule has 3 heteroatoms. The molecule has 1 unspecified atom stereocenters. The third kappa shape index (κ3) is 3.20. The van der Waals surface area contributed by atoms with Gasteiger partial charge in [0.2, 0.25) is 0 Å². The summed E-state index contributed by atoms with van der Waals surface area (Å²) in [5, 5.41) is 9.17. The van der Waals surface area contributed by atoms with Crippen molar-refractivity contribution in [1.29, 1.82) is 0 Å². The topological polar surface area (TPSA) is 40.5 Å². The molecule has 86 valence electrons. The van der Waals surface area contributed by atoms with Crippen LogP contribution in [0.4, 0.5) is 0 Å². The predicted octanol–water partition coefficient (Wildman–Crippen LogP) is 1.97. The number of hydrogen-bond acceptors (Lipinski definition) is 2. The van der Waals surface area contributed by atoms with Crippen LogP contribution in [0.1, 0.15) is 39.0 Å². The number of carbonyl (C=O) groups is 1. The molecule has 2 rings (SSSR count). The minimum Gasteiger partial charge on any atom is -0.480 e. The molecule has 0 heterocycles. The van der Waals surface area contributed by atoms with E-state index in [9.17, 15) is 4.79 Å². The Balaban J connectivity index is 1.90. The molecular formula is C12H21NO2. The van der Waals surface area contributed by atoms with Crippen LogP contribution in [0.5, 0.6) is 0 Å². The van der Waals surface area contributed by atoms with Crippen LogP contribution < -0.4 is 0 Å². The number of hydrogen-bond donors (Lipinski definition) is 1. The highest BCUT2D eigenvalue weighted by Gasteiger charge is 2.34. The van der Waals surface area contributed by atoms with E-state index in [1.54, 1.807) is 0 Å². The quantitative estimate of drug-likeness (QED) is 0.700. The van der Waals surface area contributed by atoms with Crippen LogP contribution in [0.2, 0.25) is 0 Å². The summed E-state index contributed by atoms with van der Waals surface area (Å²) >= 11 is 0. The molecule has 0 bridgehead atoms. The largest absolute Gasteiger partial charge is 0.480 e. The first-order valence-electron chi connectivity index (χ1n) is 6.17. The third-order valence-corrected chi connectivity index (χ3v) is 3.49. The van der Waals surface area contributed by atoms with E-state index >= 15 is 0 Å². The Labute approximate surface area is 91.5 Å². The lowest BCUT2D eigenvalue weighted by molar-refractivity contribution is -0.143. The Morgan fingerprint density at radius 2 is 1.73 bits per heavy atom. The lowest BCUT2D eigenvalue weighted by Crippen LogP contribution is -2.43. The second-order valence-electron chi connectivity index (χ2n) is 5.10. The first-order chi connectivity index (χ1) is 7.20.